The summed E-state index contributed by atoms with van der Waals surface area (Å²) in [4.78, 5) is 20.8. The van der Waals surface area contributed by atoms with Crippen LogP contribution in [0.5, 0.6) is 11.5 Å². The Hall–Kier alpha value is -4.64. The van der Waals surface area contributed by atoms with Gasteiger partial charge in [-0.15, -0.1) is 5.10 Å². The first-order valence-corrected chi connectivity index (χ1v) is 12.0. The zero-order valence-electron chi connectivity index (χ0n) is 21.0. The van der Waals surface area contributed by atoms with Crippen LogP contribution in [-0.2, 0) is 4.79 Å². The molecule has 4 rings (SSSR count). The van der Waals surface area contributed by atoms with Gasteiger partial charge in [0.2, 0.25) is 5.95 Å². The second-order valence-corrected chi connectivity index (χ2v) is 8.83. The van der Waals surface area contributed by atoms with Gasteiger partial charge in [-0.1, -0.05) is 11.6 Å². The standard InChI is InChI=1S/C26H27ClN8O3/c1-15(2)31-23(36)14-38-21-7-4-16(12-22(21)37-3)25-33-26(35(34-25)17-8-10-30-11-9-17)32-20-6-5-19(29)18(13-28)24(20)27/h4-13,15,28H,14,29H2,1-3H3,(H,31,36)(H,32,33,34). The molecule has 38 heavy (non-hydrogen) atoms. The topological polar surface area (TPSA) is 153 Å². The Labute approximate surface area is 224 Å². The Kier molecular flexibility index (Phi) is 8.07. The maximum atomic E-state index is 12.0. The second kappa shape index (κ2) is 11.6. The summed E-state index contributed by atoms with van der Waals surface area (Å²) < 4.78 is 12.8. The maximum absolute atomic E-state index is 12.0. The molecule has 0 radical (unpaired) electrons. The summed E-state index contributed by atoms with van der Waals surface area (Å²) in [6.07, 6.45) is 4.40. The van der Waals surface area contributed by atoms with Crippen molar-refractivity contribution in [2.45, 2.75) is 19.9 Å². The van der Waals surface area contributed by atoms with Gasteiger partial charge < -0.3 is 31.3 Å². The van der Waals surface area contributed by atoms with Crippen LogP contribution >= 0.6 is 11.6 Å². The molecule has 12 heteroatoms. The van der Waals surface area contributed by atoms with Crippen LogP contribution in [0.2, 0.25) is 5.02 Å². The van der Waals surface area contributed by atoms with Crippen LogP contribution in [0.4, 0.5) is 17.3 Å². The highest BCUT2D eigenvalue weighted by molar-refractivity contribution is 6.36. The number of carbonyl (C=O) groups is 1. The molecule has 1 amide bonds. The zero-order chi connectivity index (χ0) is 27.2. The predicted octanol–water partition coefficient (Wildman–Crippen LogP) is 4.22. The first-order chi connectivity index (χ1) is 18.3. The minimum absolute atomic E-state index is 0.0135. The fourth-order valence-corrected chi connectivity index (χ4v) is 3.86. The molecule has 0 aliphatic heterocycles. The summed E-state index contributed by atoms with van der Waals surface area (Å²) in [5.41, 5.74) is 8.61. The second-order valence-electron chi connectivity index (χ2n) is 8.45. The number of methoxy groups -OCH3 is 1. The molecule has 0 aliphatic rings. The lowest BCUT2D eigenvalue weighted by molar-refractivity contribution is -0.123. The van der Waals surface area contributed by atoms with Crippen molar-refractivity contribution in [3.05, 3.63) is 65.4 Å². The van der Waals surface area contributed by atoms with Gasteiger partial charge in [0.1, 0.15) is 0 Å². The predicted molar refractivity (Wildman–Crippen MR) is 147 cm³/mol. The van der Waals surface area contributed by atoms with Crippen LogP contribution in [0.3, 0.4) is 0 Å². The number of nitrogens with zero attached hydrogens (tertiary/aromatic N) is 4. The van der Waals surface area contributed by atoms with E-state index >= 15 is 0 Å². The summed E-state index contributed by atoms with van der Waals surface area (Å²) in [5, 5.41) is 18.6. The summed E-state index contributed by atoms with van der Waals surface area (Å²) in [7, 11) is 1.51. The summed E-state index contributed by atoms with van der Waals surface area (Å²) in [6.45, 7) is 3.61. The highest BCUT2D eigenvalue weighted by Crippen LogP contribution is 2.34. The van der Waals surface area contributed by atoms with E-state index in [4.69, 9.17) is 42.3 Å². The number of hydrogen-bond donors (Lipinski definition) is 4. The van der Waals surface area contributed by atoms with E-state index < -0.39 is 0 Å². The molecule has 2 aromatic carbocycles. The van der Waals surface area contributed by atoms with E-state index in [9.17, 15) is 4.79 Å². The minimum atomic E-state index is -0.230. The van der Waals surface area contributed by atoms with Gasteiger partial charge in [0.15, 0.2) is 23.9 Å². The van der Waals surface area contributed by atoms with E-state index in [0.717, 1.165) is 6.21 Å². The van der Waals surface area contributed by atoms with E-state index in [2.05, 4.69) is 15.6 Å². The van der Waals surface area contributed by atoms with Gasteiger partial charge in [0, 0.05) is 41.5 Å². The van der Waals surface area contributed by atoms with Crippen LogP contribution in [0.1, 0.15) is 19.4 Å². The SMILES string of the molecule is COc1cc(-c2nc(Nc3ccc(N)c(C=N)c3Cl)n(-c3ccncc3)n2)ccc1OCC(=O)NC(C)C. The number of pyridine rings is 1. The number of halogens is 1. The molecule has 0 fully saturated rings. The molecule has 4 aromatic rings. The zero-order valence-corrected chi connectivity index (χ0v) is 21.8. The third kappa shape index (κ3) is 5.84. The van der Waals surface area contributed by atoms with Gasteiger partial charge in [-0.3, -0.25) is 9.78 Å². The van der Waals surface area contributed by atoms with Crippen LogP contribution in [0, 0.1) is 5.41 Å². The van der Waals surface area contributed by atoms with E-state index in [1.807, 2.05) is 13.8 Å². The summed E-state index contributed by atoms with van der Waals surface area (Å²) in [5.74, 6) is 1.37. The number of nitrogens with two attached hydrogens (primary N) is 1. The molecule has 0 aliphatic carbocycles. The number of ether oxygens (including phenoxy) is 2. The smallest absolute Gasteiger partial charge is 0.258 e. The number of nitrogens with one attached hydrogen (secondary N) is 3. The third-order valence-electron chi connectivity index (χ3n) is 5.35. The highest BCUT2D eigenvalue weighted by atomic mass is 35.5. The molecule has 5 N–H and O–H groups in total. The molecule has 0 unspecified atom stereocenters. The average molecular weight is 535 g/mol. The van der Waals surface area contributed by atoms with Crippen molar-refractivity contribution >= 4 is 41.0 Å². The number of benzene rings is 2. The number of carbonyl (C=O) groups excluding carboxylic acids is 1. The fourth-order valence-electron chi connectivity index (χ4n) is 3.58. The van der Waals surface area contributed by atoms with Gasteiger partial charge in [0.05, 0.1) is 23.5 Å². The lowest BCUT2D eigenvalue weighted by Crippen LogP contribution is -2.34. The monoisotopic (exact) mass is 534 g/mol. The summed E-state index contributed by atoms with van der Waals surface area (Å²) >= 11 is 6.50. The van der Waals surface area contributed by atoms with Gasteiger partial charge in [0.25, 0.3) is 5.91 Å². The van der Waals surface area contributed by atoms with Crippen molar-refractivity contribution in [3.8, 4) is 28.6 Å². The average Bonchev–Trinajstić information content (AvgIpc) is 3.33. The van der Waals surface area contributed by atoms with E-state index in [1.165, 1.54) is 7.11 Å². The van der Waals surface area contributed by atoms with E-state index in [1.54, 1.807) is 59.5 Å². The van der Waals surface area contributed by atoms with Gasteiger partial charge >= 0.3 is 0 Å². The van der Waals surface area contributed by atoms with Gasteiger partial charge in [-0.05, 0) is 56.3 Å². The number of aromatic nitrogens is 4. The molecule has 2 heterocycles. The number of amides is 1. The highest BCUT2D eigenvalue weighted by Gasteiger charge is 2.18. The molecule has 0 saturated carbocycles. The van der Waals surface area contributed by atoms with Crippen LogP contribution < -0.4 is 25.8 Å². The quantitative estimate of drug-likeness (QED) is 0.174. The Balaban J connectivity index is 1.69. The fraction of sp³-hybridized carbons (Fsp3) is 0.192. The van der Waals surface area contributed by atoms with Crippen molar-refractivity contribution in [3.63, 3.8) is 0 Å². The minimum Gasteiger partial charge on any atom is -0.493 e. The van der Waals surface area contributed by atoms with Crippen molar-refractivity contribution in [1.82, 2.24) is 25.1 Å². The van der Waals surface area contributed by atoms with Crippen molar-refractivity contribution in [1.29, 1.82) is 5.41 Å². The van der Waals surface area contributed by atoms with Crippen molar-refractivity contribution in [2.75, 3.05) is 24.8 Å². The Bertz CT molecular complexity index is 1460. The first-order valence-electron chi connectivity index (χ1n) is 11.6. The summed E-state index contributed by atoms with van der Waals surface area (Å²) in [6, 6.07) is 12.2. The lowest BCUT2D eigenvalue weighted by atomic mass is 10.1. The molecule has 196 valence electrons. The van der Waals surface area contributed by atoms with Gasteiger partial charge in [-0.25, -0.2) is 0 Å². The van der Waals surface area contributed by atoms with Crippen molar-refractivity contribution in [2.24, 2.45) is 0 Å². The molecule has 0 saturated heterocycles. The number of anilines is 3. The molecule has 0 spiro atoms. The molecule has 11 nitrogen and oxygen atoms in total. The lowest BCUT2D eigenvalue weighted by Gasteiger charge is -2.12. The van der Waals surface area contributed by atoms with Crippen LogP contribution in [-0.4, -0.2) is 51.6 Å². The normalized spacial score (nSPS) is 10.8. The maximum Gasteiger partial charge on any atom is 0.258 e. The van der Waals surface area contributed by atoms with E-state index in [-0.39, 0.29) is 23.6 Å². The number of rotatable bonds is 10. The van der Waals surface area contributed by atoms with Crippen LogP contribution in [0.25, 0.3) is 17.1 Å². The van der Waals surface area contributed by atoms with Gasteiger partial charge in [-0.2, -0.15) is 9.67 Å². The number of nitrogen functional groups attached to an aromatic ring is 1. The number of hydrogen-bond acceptors (Lipinski definition) is 9. The van der Waals surface area contributed by atoms with Crippen LogP contribution in [0.15, 0.2) is 54.9 Å². The van der Waals surface area contributed by atoms with Crippen molar-refractivity contribution < 1.29 is 14.3 Å². The Morgan fingerprint density at radius 1 is 1.18 bits per heavy atom. The molecule has 0 bridgehead atoms. The molecular weight excluding hydrogens is 508 g/mol. The largest absolute Gasteiger partial charge is 0.493 e. The molecular formula is C26H27ClN8O3. The molecule has 2 aromatic heterocycles. The molecule has 0 atom stereocenters. The Morgan fingerprint density at radius 2 is 1.95 bits per heavy atom. The third-order valence-corrected chi connectivity index (χ3v) is 5.76. The first kappa shape index (κ1) is 26.4. The Morgan fingerprint density at radius 3 is 2.63 bits per heavy atom. The van der Waals surface area contributed by atoms with E-state index in [0.29, 0.717) is 51.5 Å².